The lowest BCUT2D eigenvalue weighted by Gasteiger charge is -2.23. The van der Waals surface area contributed by atoms with Gasteiger partial charge in [-0.05, 0) is 48.4 Å². The van der Waals surface area contributed by atoms with E-state index in [0.29, 0.717) is 11.4 Å². The Morgan fingerprint density at radius 1 is 0.933 bits per heavy atom. The Morgan fingerprint density at radius 2 is 1.57 bits per heavy atom. The van der Waals surface area contributed by atoms with E-state index in [-0.39, 0.29) is 6.54 Å². The molecule has 0 saturated heterocycles. The first-order chi connectivity index (χ1) is 14.3. The third-order valence-corrected chi connectivity index (χ3v) is 6.67. The highest BCUT2D eigenvalue weighted by Gasteiger charge is 2.22. The smallest absolute Gasteiger partial charge is 0.245 e. The fourth-order valence-corrected chi connectivity index (χ4v) is 4.71. The van der Waals surface area contributed by atoms with Gasteiger partial charge in [-0.2, -0.15) is 0 Å². The first-order valence-corrected chi connectivity index (χ1v) is 12.3. The zero-order valence-corrected chi connectivity index (χ0v) is 18.5. The molecule has 0 atom stereocenters. The Balaban J connectivity index is 1.62. The summed E-state index contributed by atoms with van der Waals surface area (Å²) in [5.74, 6) is 0.433. The molecule has 1 N–H and O–H groups in total. The van der Waals surface area contributed by atoms with Gasteiger partial charge in [0.2, 0.25) is 15.9 Å². The second-order valence-electron chi connectivity index (χ2n) is 6.90. The predicted molar refractivity (Wildman–Crippen MR) is 124 cm³/mol. The Morgan fingerprint density at radius 3 is 2.20 bits per heavy atom. The van der Waals surface area contributed by atoms with Crippen molar-refractivity contribution in [2.75, 3.05) is 22.4 Å². The molecule has 0 heterocycles. The number of thioether (sulfide) groups is 1. The lowest BCUT2D eigenvalue weighted by Crippen LogP contribution is -2.37. The lowest BCUT2D eigenvalue weighted by atomic mass is 10.2. The summed E-state index contributed by atoms with van der Waals surface area (Å²) in [6, 6.07) is 24.8. The number of nitrogens with zero attached hydrogens (tertiary/aromatic N) is 1. The van der Waals surface area contributed by atoms with Crippen LogP contribution in [0, 0.1) is 6.92 Å². The van der Waals surface area contributed by atoms with Gasteiger partial charge in [-0.1, -0.05) is 48.5 Å². The molecule has 30 heavy (non-hydrogen) atoms. The van der Waals surface area contributed by atoms with Crippen molar-refractivity contribution >= 4 is 39.1 Å². The van der Waals surface area contributed by atoms with Crippen LogP contribution in [0.25, 0.3) is 0 Å². The van der Waals surface area contributed by atoms with Crippen LogP contribution in [0.1, 0.15) is 11.1 Å². The minimum absolute atomic E-state index is 0.282. The fourth-order valence-electron chi connectivity index (χ4n) is 2.92. The molecule has 0 fully saturated rings. The van der Waals surface area contributed by atoms with Gasteiger partial charge in [-0.3, -0.25) is 9.10 Å². The van der Waals surface area contributed by atoms with Gasteiger partial charge in [0.05, 0.1) is 11.9 Å². The number of benzene rings is 3. The first kappa shape index (κ1) is 21.9. The van der Waals surface area contributed by atoms with Crippen molar-refractivity contribution in [2.45, 2.75) is 17.6 Å². The summed E-state index contributed by atoms with van der Waals surface area (Å²) in [6.07, 6.45) is 1.10. The molecule has 0 bridgehead atoms. The van der Waals surface area contributed by atoms with Crippen LogP contribution in [0.3, 0.4) is 0 Å². The summed E-state index contributed by atoms with van der Waals surface area (Å²) >= 11 is 1.74. The van der Waals surface area contributed by atoms with E-state index < -0.39 is 15.9 Å². The molecular formula is C23H24N2O3S2. The van der Waals surface area contributed by atoms with Gasteiger partial charge in [0.25, 0.3) is 0 Å². The van der Waals surface area contributed by atoms with E-state index in [2.05, 4.69) is 17.4 Å². The van der Waals surface area contributed by atoms with E-state index in [9.17, 15) is 13.2 Å². The van der Waals surface area contributed by atoms with Gasteiger partial charge in [0, 0.05) is 16.3 Å². The van der Waals surface area contributed by atoms with Crippen molar-refractivity contribution in [1.29, 1.82) is 0 Å². The van der Waals surface area contributed by atoms with E-state index in [1.165, 1.54) is 4.90 Å². The zero-order chi connectivity index (χ0) is 21.6. The average molecular weight is 441 g/mol. The minimum Gasteiger partial charge on any atom is -0.325 e. The van der Waals surface area contributed by atoms with E-state index in [4.69, 9.17) is 0 Å². The summed E-state index contributed by atoms with van der Waals surface area (Å²) in [7, 11) is -3.60. The number of aryl methyl sites for hydroxylation is 1. The largest absolute Gasteiger partial charge is 0.325 e. The van der Waals surface area contributed by atoms with Crippen LogP contribution in [0.15, 0.2) is 83.8 Å². The van der Waals surface area contributed by atoms with Crippen LogP contribution in [-0.4, -0.2) is 27.1 Å². The molecule has 0 aliphatic carbocycles. The summed E-state index contributed by atoms with van der Waals surface area (Å²) in [4.78, 5) is 13.7. The van der Waals surface area contributed by atoms with Crippen molar-refractivity contribution in [3.63, 3.8) is 0 Å². The number of nitrogens with one attached hydrogen (secondary N) is 1. The van der Waals surface area contributed by atoms with E-state index >= 15 is 0 Å². The van der Waals surface area contributed by atoms with Gasteiger partial charge in [0.1, 0.15) is 6.54 Å². The highest BCUT2D eigenvalue weighted by Crippen LogP contribution is 2.24. The molecule has 0 aliphatic rings. The van der Waals surface area contributed by atoms with Crippen LogP contribution in [0.5, 0.6) is 0 Å². The molecular weight excluding hydrogens is 416 g/mol. The molecule has 5 nitrogen and oxygen atoms in total. The fraction of sp³-hybridized carbons (Fsp3) is 0.174. The molecule has 1 amide bonds. The lowest BCUT2D eigenvalue weighted by molar-refractivity contribution is -0.114. The highest BCUT2D eigenvalue weighted by atomic mass is 32.2. The molecule has 3 aromatic carbocycles. The second kappa shape index (κ2) is 9.82. The molecule has 0 unspecified atom stereocenters. The minimum atomic E-state index is -3.60. The van der Waals surface area contributed by atoms with Gasteiger partial charge in [-0.15, -0.1) is 11.8 Å². The Hall–Kier alpha value is -2.77. The molecule has 3 aromatic rings. The predicted octanol–water partition coefficient (Wildman–Crippen LogP) is 4.69. The quantitative estimate of drug-likeness (QED) is 0.516. The van der Waals surface area contributed by atoms with Crippen LogP contribution in [-0.2, 0) is 20.6 Å². The van der Waals surface area contributed by atoms with Crippen LogP contribution < -0.4 is 9.62 Å². The van der Waals surface area contributed by atoms with Crippen LogP contribution >= 0.6 is 11.8 Å². The van der Waals surface area contributed by atoms with Gasteiger partial charge < -0.3 is 5.32 Å². The Kier molecular flexibility index (Phi) is 7.18. The number of para-hydroxylation sites is 1. The Bertz CT molecular complexity index is 1100. The van der Waals surface area contributed by atoms with Crippen molar-refractivity contribution in [3.05, 3.63) is 90.0 Å². The number of anilines is 2. The number of rotatable bonds is 8. The van der Waals surface area contributed by atoms with Crippen LogP contribution in [0.2, 0.25) is 0 Å². The van der Waals surface area contributed by atoms with E-state index in [1.54, 1.807) is 23.9 Å². The van der Waals surface area contributed by atoms with E-state index in [1.807, 2.05) is 61.5 Å². The molecule has 0 saturated carbocycles. The molecule has 0 radical (unpaired) electrons. The molecule has 3 rings (SSSR count). The summed E-state index contributed by atoms with van der Waals surface area (Å²) in [5, 5.41) is 2.78. The van der Waals surface area contributed by atoms with Crippen molar-refractivity contribution in [2.24, 2.45) is 0 Å². The zero-order valence-electron chi connectivity index (χ0n) is 16.9. The van der Waals surface area contributed by atoms with Crippen molar-refractivity contribution in [1.82, 2.24) is 0 Å². The molecule has 0 aliphatic heterocycles. The standard InChI is InChI=1S/C23H24N2O3S2/c1-18-8-6-7-11-22(18)25(30(2,27)28)16-23(26)24-20-14-12-19(13-15-20)17-29-21-9-4-3-5-10-21/h3-15H,16-17H2,1-2H3,(H,24,26). The van der Waals surface area contributed by atoms with Crippen molar-refractivity contribution in [3.8, 4) is 0 Å². The normalized spacial score (nSPS) is 11.1. The maximum absolute atomic E-state index is 12.5. The second-order valence-corrected chi connectivity index (χ2v) is 9.86. The number of amides is 1. The molecule has 0 aromatic heterocycles. The SMILES string of the molecule is Cc1ccccc1N(CC(=O)Nc1ccc(CSc2ccccc2)cc1)S(C)(=O)=O. The topological polar surface area (TPSA) is 66.5 Å². The number of sulfonamides is 1. The maximum Gasteiger partial charge on any atom is 0.245 e. The highest BCUT2D eigenvalue weighted by molar-refractivity contribution is 7.98. The van der Waals surface area contributed by atoms with Gasteiger partial charge >= 0.3 is 0 Å². The molecule has 0 spiro atoms. The molecule has 156 valence electrons. The number of carbonyl (C=O) groups is 1. The third kappa shape index (κ3) is 6.11. The summed E-state index contributed by atoms with van der Waals surface area (Å²) in [5.41, 5.74) is 3.06. The average Bonchev–Trinajstić information content (AvgIpc) is 2.72. The monoisotopic (exact) mass is 440 g/mol. The number of hydrogen-bond donors (Lipinski definition) is 1. The van der Waals surface area contributed by atoms with Gasteiger partial charge in [-0.25, -0.2) is 8.42 Å². The number of carbonyl (C=O) groups excluding carboxylic acids is 1. The summed E-state index contributed by atoms with van der Waals surface area (Å²) < 4.78 is 25.6. The van der Waals surface area contributed by atoms with E-state index in [0.717, 1.165) is 27.4 Å². The van der Waals surface area contributed by atoms with Crippen molar-refractivity contribution < 1.29 is 13.2 Å². The number of hydrogen-bond acceptors (Lipinski definition) is 4. The third-order valence-electron chi connectivity index (χ3n) is 4.46. The Labute approximate surface area is 182 Å². The van der Waals surface area contributed by atoms with Crippen LogP contribution in [0.4, 0.5) is 11.4 Å². The summed E-state index contributed by atoms with van der Waals surface area (Å²) in [6.45, 7) is 1.53. The first-order valence-electron chi connectivity index (χ1n) is 9.43. The van der Waals surface area contributed by atoms with Gasteiger partial charge in [0.15, 0.2) is 0 Å². The molecule has 7 heteroatoms. The maximum atomic E-state index is 12.5.